The lowest BCUT2D eigenvalue weighted by molar-refractivity contribution is -0.139. The molecule has 5 nitrogen and oxygen atoms in total. The molecule has 2 rings (SSSR count). The van der Waals surface area contributed by atoms with Gasteiger partial charge in [0.2, 0.25) is 5.95 Å². The van der Waals surface area contributed by atoms with Crippen LogP contribution >= 0.6 is 11.6 Å². The summed E-state index contributed by atoms with van der Waals surface area (Å²) < 4.78 is 52.0. The lowest BCUT2D eigenvalue weighted by atomic mass is 10.0. The second-order valence-electron chi connectivity index (χ2n) is 4.12. The number of nitriles is 1. The van der Waals surface area contributed by atoms with Crippen LogP contribution in [0.1, 0.15) is 11.1 Å². The van der Waals surface area contributed by atoms with E-state index in [9.17, 15) is 17.6 Å². The van der Waals surface area contributed by atoms with Crippen LogP contribution in [0.5, 0.6) is 0 Å². The van der Waals surface area contributed by atoms with E-state index in [1.807, 2.05) is 0 Å². The van der Waals surface area contributed by atoms with Crippen molar-refractivity contribution in [2.45, 2.75) is 6.18 Å². The molecular weight excluding hydrogens is 326 g/mol. The maximum absolute atomic E-state index is 13.5. The van der Waals surface area contributed by atoms with E-state index in [0.29, 0.717) is 6.07 Å². The normalized spacial score (nSPS) is 11.3. The second-order valence-corrected chi connectivity index (χ2v) is 4.53. The minimum absolute atomic E-state index is 0.254. The van der Waals surface area contributed by atoms with Gasteiger partial charge in [-0.25, -0.2) is 9.37 Å². The fourth-order valence-electron chi connectivity index (χ4n) is 1.75. The summed E-state index contributed by atoms with van der Waals surface area (Å²) in [6, 6.07) is 3.03. The first-order valence-electron chi connectivity index (χ1n) is 5.54. The Morgan fingerprint density at radius 3 is 2.36 bits per heavy atom. The maximum atomic E-state index is 13.5. The number of nitrogens with zero attached hydrogens (tertiary/aromatic N) is 3. The van der Waals surface area contributed by atoms with Crippen molar-refractivity contribution in [3.05, 3.63) is 34.1 Å². The van der Waals surface area contributed by atoms with Gasteiger partial charge < -0.3 is 11.5 Å². The zero-order valence-electron chi connectivity index (χ0n) is 10.5. The quantitative estimate of drug-likeness (QED) is 0.782. The van der Waals surface area contributed by atoms with Gasteiger partial charge in [0.1, 0.15) is 17.5 Å². The summed E-state index contributed by atoms with van der Waals surface area (Å²) in [5, 5.41) is 8.25. The predicted octanol–water partition coefficient (Wildman–Crippen LogP) is 2.99. The highest BCUT2D eigenvalue weighted by Gasteiger charge is 2.36. The van der Waals surface area contributed by atoms with Gasteiger partial charge in [0, 0.05) is 5.56 Å². The molecule has 2 aromatic rings. The van der Waals surface area contributed by atoms with Crippen LogP contribution in [-0.2, 0) is 6.18 Å². The molecule has 1 aromatic carbocycles. The number of benzene rings is 1. The van der Waals surface area contributed by atoms with Crippen molar-refractivity contribution in [3.8, 4) is 17.3 Å². The van der Waals surface area contributed by atoms with Crippen LogP contribution in [0.3, 0.4) is 0 Å². The van der Waals surface area contributed by atoms with Crippen molar-refractivity contribution < 1.29 is 17.6 Å². The van der Waals surface area contributed by atoms with Gasteiger partial charge in [-0.1, -0.05) is 11.6 Å². The smallest absolute Gasteiger partial charge is 0.382 e. The summed E-state index contributed by atoms with van der Waals surface area (Å²) in [6.07, 6.45) is -4.97. The Hall–Kier alpha value is -2.60. The standard InChI is InChI=1S/C12H6ClF4N5/c13-7-2-4(1-6(8(7)14)12(15,16)17)9-5(3-18)10(19)22-11(20)21-9/h1-2H,(H4,19,20,21,22). The van der Waals surface area contributed by atoms with Gasteiger partial charge in [-0.3, -0.25) is 0 Å². The molecule has 0 atom stereocenters. The average Bonchev–Trinajstić information content (AvgIpc) is 2.39. The predicted molar refractivity (Wildman–Crippen MR) is 71.0 cm³/mol. The molecule has 0 saturated heterocycles. The number of nitrogen functional groups attached to an aromatic ring is 2. The zero-order chi connectivity index (χ0) is 16.7. The summed E-state index contributed by atoms with van der Waals surface area (Å²) in [5.41, 5.74) is 8.46. The summed E-state index contributed by atoms with van der Waals surface area (Å²) >= 11 is 5.49. The number of alkyl halides is 3. The molecule has 0 spiro atoms. The minimum atomic E-state index is -4.97. The zero-order valence-corrected chi connectivity index (χ0v) is 11.3. The Kier molecular flexibility index (Phi) is 3.81. The van der Waals surface area contributed by atoms with E-state index in [0.717, 1.165) is 6.07 Å². The largest absolute Gasteiger partial charge is 0.419 e. The van der Waals surface area contributed by atoms with Crippen molar-refractivity contribution >= 4 is 23.4 Å². The molecule has 1 aromatic heterocycles. The Labute approximate surface area is 126 Å². The summed E-state index contributed by atoms with van der Waals surface area (Å²) in [5.74, 6) is -2.27. The topological polar surface area (TPSA) is 102 Å². The number of hydrogen-bond donors (Lipinski definition) is 2. The highest BCUT2D eigenvalue weighted by Crippen LogP contribution is 2.38. The third-order valence-corrected chi connectivity index (χ3v) is 2.95. The molecule has 22 heavy (non-hydrogen) atoms. The molecule has 0 bridgehead atoms. The summed E-state index contributed by atoms with van der Waals surface area (Å²) in [7, 11) is 0. The first-order valence-corrected chi connectivity index (χ1v) is 5.92. The lowest BCUT2D eigenvalue weighted by Crippen LogP contribution is -2.10. The Morgan fingerprint density at radius 2 is 1.82 bits per heavy atom. The number of halogens is 5. The first-order chi connectivity index (χ1) is 10.1. The van der Waals surface area contributed by atoms with E-state index in [-0.39, 0.29) is 28.6 Å². The SMILES string of the molecule is N#Cc1c(N)nc(N)nc1-c1cc(Cl)c(F)c(C(F)(F)F)c1. The molecule has 0 unspecified atom stereocenters. The monoisotopic (exact) mass is 331 g/mol. The van der Waals surface area contributed by atoms with Crippen molar-refractivity contribution in [1.29, 1.82) is 5.26 Å². The lowest BCUT2D eigenvalue weighted by Gasteiger charge is -2.12. The minimum Gasteiger partial charge on any atom is -0.382 e. The third-order valence-electron chi connectivity index (χ3n) is 2.67. The van der Waals surface area contributed by atoms with E-state index in [1.54, 1.807) is 6.07 Å². The van der Waals surface area contributed by atoms with Crippen molar-refractivity contribution in [3.63, 3.8) is 0 Å². The number of nitrogens with two attached hydrogens (primary N) is 2. The van der Waals surface area contributed by atoms with Gasteiger partial charge in [0.05, 0.1) is 16.3 Å². The average molecular weight is 332 g/mol. The molecule has 0 aliphatic rings. The molecule has 10 heteroatoms. The van der Waals surface area contributed by atoms with Crippen LogP contribution < -0.4 is 11.5 Å². The molecule has 0 amide bonds. The maximum Gasteiger partial charge on any atom is 0.419 e. The van der Waals surface area contributed by atoms with Crippen LogP contribution in [-0.4, -0.2) is 9.97 Å². The second kappa shape index (κ2) is 5.31. The van der Waals surface area contributed by atoms with Crippen molar-refractivity contribution in [2.24, 2.45) is 0 Å². The molecule has 114 valence electrons. The van der Waals surface area contributed by atoms with E-state index in [4.69, 9.17) is 28.3 Å². The third kappa shape index (κ3) is 2.73. The van der Waals surface area contributed by atoms with Gasteiger partial charge in [0.25, 0.3) is 0 Å². The Balaban J connectivity index is 2.80. The van der Waals surface area contributed by atoms with E-state index < -0.39 is 22.6 Å². The number of rotatable bonds is 1. The summed E-state index contributed by atoms with van der Waals surface area (Å²) in [4.78, 5) is 7.22. The van der Waals surface area contributed by atoms with Crippen LogP contribution in [0.25, 0.3) is 11.3 Å². The molecule has 0 aliphatic carbocycles. The highest BCUT2D eigenvalue weighted by molar-refractivity contribution is 6.31. The van der Waals surface area contributed by atoms with Gasteiger partial charge in [0.15, 0.2) is 5.82 Å². The molecule has 4 N–H and O–H groups in total. The van der Waals surface area contributed by atoms with Gasteiger partial charge in [-0.2, -0.15) is 23.4 Å². The van der Waals surface area contributed by atoms with Crippen LogP contribution in [0.2, 0.25) is 5.02 Å². The van der Waals surface area contributed by atoms with Crippen molar-refractivity contribution in [2.75, 3.05) is 11.5 Å². The molecule has 0 saturated carbocycles. The fourth-order valence-corrected chi connectivity index (χ4v) is 1.97. The van der Waals surface area contributed by atoms with Gasteiger partial charge in [-0.15, -0.1) is 0 Å². The molecule has 1 heterocycles. The van der Waals surface area contributed by atoms with Crippen molar-refractivity contribution in [1.82, 2.24) is 9.97 Å². The fraction of sp³-hybridized carbons (Fsp3) is 0.0833. The molecule has 0 radical (unpaired) electrons. The molecular formula is C12H6ClF4N5. The number of aromatic nitrogens is 2. The number of hydrogen-bond acceptors (Lipinski definition) is 5. The van der Waals surface area contributed by atoms with E-state index >= 15 is 0 Å². The molecule has 0 aliphatic heterocycles. The Morgan fingerprint density at radius 1 is 1.18 bits per heavy atom. The summed E-state index contributed by atoms with van der Waals surface area (Å²) in [6.45, 7) is 0. The molecule has 0 fully saturated rings. The van der Waals surface area contributed by atoms with E-state index in [1.165, 1.54) is 0 Å². The highest BCUT2D eigenvalue weighted by atomic mass is 35.5. The van der Waals surface area contributed by atoms with Crippen LogP contribution in [0, 0.1) is 17.1 Å². The first kappa shape index (κ1) is 15.8. The van der Waals surface area contributed by atoms with Gasteiger partial charge in [-0.05, 0) is 12.1 Å². The van der Waals surface area contributed by atoms with Gasteiger partial charge >= 0.3 is 6.18 Å². The number of anilines is 2. The Bertz CT molecular complexity index is 798. The van der Waals surface area contributed by atoms with Crippen LogP contribution in [0.4, 0.5) is 29.3 Å². The van der Waals surface area contributed by atoms with E-state index in [2.05, 4.69) is 9.97 Å². The van der Waals surface area contributed by atoms with Crippen LogP contribution in [0.15, 0.2) is 12.1 Å².